The van der Waals surface area contributed by atoms with Crippen LogP contribution in [0.2, 0.25) is 0 Å². The molecule has 0 amide bonds. The van der Waals surface area contributed by atoms with Crippen LogP contribution in [0.5, 0.6) is 0 Å². The SMILES string of the molecule is Cc1cnc2c(c1)nc(-c1ccc(F)cc1)n2CCCCC(=O)O. The zero-order valence-corrected chi connectivity index (χ0v) is 13.4. The summed E-state index contributed by atoms with van der Waals surface area (Å²) < 4.78 is 15.2. The second-order valence-electron chi connectivity index (χ2n) is 5.80. The number of fused-ring (bicyclic) bond motifs is 1. The fourth-order valence-electron chi connectivity index (χ4n) is 2.69. The Labute approximate surface area is 138 Å². The van der Waals surface area contributed by atoms with E-state index in [2.05, 4.69) is 9.97 Å². The maximum Gasteiger partial charge on any atom is 0.303 e. The van der Waals surface area contributed by atoms with Crippen LogP contribution in [-0.4, -0.2) is 25.6 Å². The molecule has 0 aliphatic heterocycles. The van der Waals surface area contributed by atoms with Crippen molar-refractivity contribution in [2.75, 3.05) is 0 Å². The Morgan fingerprint density at radius 2 is 2.00 bits per heavy atom. The van der Waals surface area contributed by atoms with Gasteiger partial charge in [0.05, 0.1) is 0 Å². The molecular weight excluding hydrogens is 309 g/mol. The van der Waals surface area contributed by atoms with Gasteiger partial charge in [0.25, 0.3) is 0 Å². The van der Waals surface area contributed by atoms with E-state index in [1.54, 1.807) is 18.3 Å². The molecule has 0 unspecified atom stereocenters. The van der Waals surface area contributed by atoms with E-state index in [9.17, 15) is 9.18 Å². The quantitative estimate of drug-likeness (QED) is 0.699. The van der Waals surface area contributed by atoms with E-state index >= 15 is 0 Å². The fraction of sp³-hybridized carbons (Fsp3) is 0.278. The number of nitrogens with zero attached hydrogens (tertiary/aromatic N) is 3. The average molecular weight is 327 g/mol. The van der Waals surface area contributed by atoms with E-state index in [0.717, 1.165) is 28.1 Å². The lowest BCUT2D eigenvalue weighted by Gasteiger charge is -2.08. The molecule has 0 saturated carbocycles. The van der Waals surface area contributed by atoms with Crippen molar-refractivity contribution in [3.05, 3.63) is 47.9 Å². The topological polar surface area (TPSA) is 68.0 Å². The Morgan fingerprint density at radius 1 is 1.25 bits per heavy atom. The maximum atomic E-state index is 13.2. The summed E-state index contributed by atoms with van der Waals surface area (Å²) in [6.07, 6.45) is 3.22. The molecule has 2 heterocycles. The first-order chi connectivity index (χ1) is 11.5. The van der Waals surface area contributed by atoms with Crippen molar-refractivity contribution in [3.8, 4) is 11.4 Å². The highest BCUT2D eigenvalue weighted by molar-refractivity contribution is 5.77. The minimum Gasteiger partial charge on any atom is -0.481 e. The van der Waals surface area contributed by atoms with Gasteiger partial charge >= 0.3 is 5.97 Å². The molecule has 0 spiro atoms. The average Bonchev–Trinajstić information content (AvgIpc) is 2.89. The normalized spacial score (nSPS) is 11.1. The lowest BCUT2D eigenvalue weighted by molar-refractivity contribution is -0.137. The second-order valence-corrected chi connectivity index (χ2v) is 5.80. The molecule has 2 aromatic heterocycles. The maximum absolute atomic E-state index is 13.2. The molecule has 124 valence electrons. The summed E-state index contributed by atoms with van der Waals surface area (Å²) in [5, 5.41) is 8.76. The standard InChI is InChI=1S/C18H18FN3O2/c1-12-10-15-18(20-11-12)22(9-3-2-4-16(23)24)17(21-15)13-5-7-14(19)8-6-13/h5-8,10-11H,2-4,9H2,1H3,(H,23,24). The Balaban J connectivity index is 1.98. The molecule has 0 bridgehead atoms. The molecule has 1 aromatic carbocycles. The number of aromatic nitrogens is 3. The van der Waals surface area contributed by atoms with Crippen molar-refractivity contribution in [1.82, 2.24) is 14.5 Å². The monoisotopic (exact) mass is 327 g/mol. The lowest BCUT2D eigenvalue weighted by atomic mass is 10.2. The summed E-state index contributed by atoms with van der Waals surface area (Å²) in [4.78, 5) is 19.8. The number of hydrogen-bond donors (Lipinski definition) is 1. The van der Waals surface area contributed by atoms with Gasteiger partial charge in [0.1, 0.15) is 17.2 Å². The first-order valence-corrected chi connectivity index (χ1v) is 7.85. The molecule has 24 heavy (non-hydrogen) atoms. The molecule has 0 fully saturated rings. The molecule has 0 radical (unpaired) electrons. The molecule has 6 heteroatoms. The highest BCUT2D eigenvalue weighted by atomic mass is 19.1. The van der Waals surface area contributed by atoms with Gasteiger partial charge in [0.2, 0.25) is 0 Å². The first kappa shape index (κ1) is 16.1. The Morgan fingerprint density at radius 3 is 2.71 bits per heavy atom. The van der Waals surface area contributed by atoms with Gasteiger partial charge in [-0.2, -0.15) is 0 Å². The highest BCUT2D eigenvalue weighted by Crippen LogP contribution is 2.25. The van der Waals surface area contributed by atoms with Crippen LogP contribution in [0.3, 0.4) is 0 Å². The number of unbranched alkanes of at least 4 members (excludes halogenated alkanes) is 1. The van der Waals surface area contributed by atoms with Crippen LogP contribution < -0.4 is 0 Å². The third-order valence-corrected chi connectivity index (χ3v) is 3.85. The van der Waals surface area contributed by atoms with Gasteiger partial charge in [-0.25, -0.2) is 14.4 Å². The van der Waals surface area contributed by atoms with Gasteiger partial charge in [0.15, 0.2) is 5.65 Å². The highest BCUT2D eigenvalue weighted by Gasteiger charge is 2.14. The van der Waals surface area contributed by atoms with Crippen LogP contribution >= 0.6 is 0 Å². The van der Waals surface area contributed by atoms with E-state index in [1.165, 1.54) is 12.1 Å². The fourth-order valence-corrected chi connectivity index (χ4v) is 2.69. The lowest BCUT2D eigenvalue weighted by Crippen LogP contribution is -2.03. The smallest absolute Gasteiger partial charge is 0.303 e. The summed E-state index contributed by atoms with van der Waals surface area (Å²) in [5.41, 5.74) is 3.37. The molecule has 5 nitrogen and oxygen atoms in total. The van der Waals surface area contributed by atoms with Crippen molar-refractivity contribution in [3.63, 3.8) is 0 Å². The number of pyridine rings is 1. The van der Waals surface area contributed by atoms with Gasteiger partial charge in [-0.15, -0.1) is 0 Å². The molecule has 0 aliphatic rings. The first-order valence-electron chi connectivity index (χ1n) is 7.85. The second kappa shape index (κ2) is 6.78. The van der Waals surface area contributed by atoms with Crippen molar-refractivity contribution >= 4 is 17.1 Å². The van der Waals surface area contributed by atoms with Gasteiger partial charge < -0.3 is 9.67 Å². The molecule has 0 aliphatic carbocycles. The van der Waals surface area contributed by atoms with Crippen molar-refractivity contribution in [1.29, 1.82) is 0 Å². The van der Waals surface area contributed by atoms with Crippen LogP contribution in [0.15, 0.2) is 36.5 Å². The number of imidazole rings is 1. The largest absolute Gasteiger partial charge is 0.481 e. The molecule has 1 N–H and O–H groups in total. The van der Waals surface area contributed by atoms with E-state index in [4.69, 9.17) is 5.11 Å². The van der Waals surface area contributed by atoms with Crippen LogP contribution in [0, 0.1) is 12.7 Å². The number of halogens is 1. The van der Waals surface area contributed by atoms with Crippen molar-refractivity contribution < 1.29 is 14.3 Å². The Kier molecular flexibility index (Phi) is 4.55. The molecule has 3 rings (SSSR count). The predicted molar refractivity (Wildman–Crippen MR) is 89.1 cm³/mol. The van der Waals surface area contributed by atoms with Crippen LogP contribution in [0.1, 0.15) is 24.8 Å². The molecule has 3 aromatic rings. The van der Waals surface area contributed by atoms with Crippen LogP contribution in [-0.2, 0) is 11.3 Å². The zero-order chi connectivity index (χ0) is 17.1. The summed E-state index contributed by atoms with van der Waals surface area (Å²) in [6.45, 7) is 2.57. The number of carboxylic acids is 1. The molecule has 0 saturated heterocycles. The molecular formula is C18H18FN3O2. The van der Waals surface area contributed by atoms with E-state index < -0.39 is 5.97 Å². The van der Waals surface area contributed by atoms with Crippen LogP contribution in [0.4, 0.5) is 4.39 Å². The van der Waals surface area contributed by atoms with E-state index in [1.807, 2.05) is 17.6 Å². The van der Waals surface area contributed by atoms with Crippen molar-refractivity contribution in [2.24, 2.45) is 0 Å². The van der Waals surface area contributed by atoms with E-state index in [-0.39, 0.29) is 12.2 Å². The number of aryl methyl sites for hydroxylation is 2. The predicted octanol–water partition coefficient (Wildman–Crippen LogP) is 3.80. The van der Waals surface area contributed by atoms with Gasteiger partial charge in [-0.05, 0) is 55.7 Å². The van der Waals surface area contributed by atoms with Crippen molar-refractivity contribution in [2.45, 2.75) is 32.7 Å². The number of benzene rings is 1. The summed E-state index contributed by atoms with van der Waals surface area (Å²) in [7, 11) is 0. The molecule has 0 atom stereocenters. The number of hydrogen-bond acceptors (Lipinski definition) is 3. The number of carboxylic acid groups (broad SMARTS) is 1. The Hall–Kier alpha value is -2.76. The van der Waals surface area contributed by atoms with Gasteiger partial charge in [-0.3, -0.25) is 4.79 Å². The number of aliphatic carboxylic acids is 1. The number of rotatable bonds is 6. The third kappa shape index (κ3) is 3.42. The zero-order valence-electron chi connectivity index (χ0n) is 13.4. The third-order valence-electron chi connectivity index (χ3n) is 3.85. The minimum atomic E-state index is -0.794. The number of carbonyl (C=O) groups is 1. The van der Waals surface area contributed by atoms with Gasteiger partial charge in [-0.1, -0.05) is 0 Å². The summed E-state index contributed by atoms with van der Waals surface area (Å²) >= 11 is 0. The summed E-state index contributed by atoms with van der Waals surface area (Å²) in [6, 6.07) is 8.15. The summed E-state index contributed by atoms with van der Waals surface area (Å²) in [5.74, 6) is -0.367. The van der Waals surface area contributed by atoms with Crippen LogP contribution in [0.25, 0.3) is 22.6 Å². The Bertz CT molecular complexity index is 872. The minimum absolute atomic E-state index is 0.144. The van der Waals surface area contributed by atoms with Gasteiger partial charge in [0, 0.05) is 24.7 Å². The van der Waals surface area contributed by atoms with E-state index in [0.29, 0.717) is 19.4 Å².